The molecule has 1 aromatic carbocycles. The maximum Gasteiger partial charge on any atom is 0.271 e. The number of anilines is 1. The summed E-state index contributed by atoms with van der Waals surface area (Å²) in [5.41, 5.74) is 2.83. The molecule has 3 heterocycles. The van der Waals surface area contributed by atoms with Crippen molar-refractivity contribution in [3.05, 3.63) is 60.1 Å². The quantitative estimate of drug-likeness (QED) is 0.542. The molecular formula is C18H15N3O3S2. The molecule has 0 bridgehead atoms. The van der Waals surface area contributed by atoms with Gasteiger partial charge in [0, 0.05) is 22.8 Å². The van der Waals surface area contributed by atoms with E-state index >= 15 is 0 Å². The Balaban J connectivity index is 1.76. The Morgan fingerprint density at radius 1 is 1.15 bits per heavy atom. The smallest absolute Gasteiger partial charge is 0.271 e. The summed E-state index contributed by atoms with van der Waals surface area (Å²) in [5, 5.41) is 2.71. The van der Waals surface area contributed by atoms with Crippen LogP contribution in [0.2, 0.25) is 0 Å². The molecule has 2 N–H and O–H groups in total. The number of aromatic amines is 1. The van der Waals surface area contributed by atoms with Gasteiger partial charge in [-0.05, 0) is 47.8 Å². The number of nitrogens with zero attached hydrogens (tertiary/aromatic N) is 1. The van der Waals surface area contributed by atoms with E-state index in [9.17, 15) is 8.42 Å². The largest absolute Gasteiger partial charge is 0.495 e. The zero-order valence-corrected chi connectivity index (χ0v) is 15.4. The number of aromatic nitrogens is 2. The predicted molar refractivity (Wildman–Crippen MR) is 103 cm³/mol. The second kappa shape index (κ2) is 6.47. The van der Waals surface area contributed by atoms with Gasteiger partial charge >= 0.3 is 0 Å². The predicted octanol–water partition coefficient (Wildman–Crippen LogP) is 4.10. The maximum atomic E-state index is 12.5. The monoisotopic (exact) mass is 385 g/mol. The van der Waals surface area contributed by atoms with E-state index in [4.69, 9.17) is 4.74 Å². The summed E-state index contributed by atoms with van der Waals surface area (Å²) < 4.78 is 33.3. The van der Waals surface area contributed by atoms with Crippen LogP contribution in [0.4, 0.5) is 5.69 Å². The van der Waals surface area contributed by atoms with Crippen LogP contribution in [0.5, 0.6) is 5.75 Å². The highest BCUT2D eigenvalue weighted by molar-refractivity contribution is 7.94. The number of rotatable bonds is 5. The molecule has 0 atom stereocenters. The Morgan fingerprint density at radius 2 is 2.04 bits per heavy atom. The van der Waals surface area contributed by atoms with Gasteiger partial charge in [0.2, 0.25) is 0 Å². The number of benzene rings is 1. The third-order valence-electron chi connectivity index (χ3n) is 3.91. The van der Waals surface area contributed by atoms with E-state index in [1.807, 2.05) is 24.3 Å². The Bertz CT molecular complexity index is 1130. The van der Waals surface area contributed by atoms with Gasteiger partial charge in [-0.2, -0.15) is 0 Å². The minimum Gasteiger partial charge on any atom is -0.495 e. The van der Waals surface area contributed by atoms with Crippen molar-refractivity contribution in [2.75, 3.05) is 11.8 Å². The molecule has 0 aliphatic heterocycles. The lowest BCUT2D eigenvalue weighted by molar-refractivity contribution is 0.417. The van der Waals surface area contributed by atoms with E-state index in [-0.39, 0.29) is 4.21 Å². The molecule has 0 fully saturated rings. The SMILES string of the molecule is COc1ccc(-c2cc3cccnc3[nH]2)cc1NS(=O)(=O)c1cccs1. The Kier molecular flexibility index (Phi) is 4.14. The molecule has 0 saturated heterocycles. The third kappa shape index (κ3) is 3.04. The van der Waals surface area contributed by atoms with E-state index in [1.54, 1.807) is 35.8 Å². The average Bonchev–Trinajstić information content (AvgIpc) is 3.31. The topological polar surface area (TPSA) is 84.1 Å². The number of nitrogens with one attached hydrogen (secondary N) is 2. The second-order valence-electron chi connectivity index (χ2n) is 5.58. The molecule has 0 unspecified atom stereocenters. The zero-order valence-electron chi connectivity index (χ0n) is 13.8. The highest BCUT2D eigenvalue weighted by atomic mass is 32.2. The molecule has 0 radical (unpaired) electrons. The molecule has 0 amide bonds. The summed E-state index contributed by atoms with van der Waals surface area (Å²) in [7, 11) is -2.16. The number of pyridine rings is 1. The van der Waals surface area contributed by atoms with Gasteiger partial charge in [0.05, 0.1) is 12.8 Å². The first kappa shape index (κ1) is 16.6. The van der Waals surface area contributed by atoms with E-state index in [2.05, 4.69) is 14.7 Å². The number of fused-ring (bicyclic) bond motifs is 1. The zero-order chi connectivity index (χ0) is 18.1. The molecule has 0 aliphatic rings. The molecule has 6 nitrogen and oxygen atoms in total. The first-order valence-electron chi connectivity index (χ1n) is 7.75. The molecule has 132 valence electrons. The Hall–Kier alpha value is -2.84. The fourth-order valence-corrected chi connectivity index (χ4v) is 4.73. The normalized spacial score (nSPS) is 11.6. The van der Waals surface area contributed by atoms with Gasteiger partial charge in [-0.1, -0.05) is 6.07 Å². The molecule has 4 aromatic rings. The van der Waals surface area contributed by atoms with Crippen LogP contribution in [0.3, 0.4) is 0 Å². The second-order valence-corrected chi connectivity index (χ2v) is 8.43. The number of H-pyrrole nitrogens is 1. The first-order chi connectivity index (χ1) is 12.6. The molecular weight excluding hydrogens is 370 g/mol. The van der Waals surface area contributed by atoms with Crippen molar-refractivity contribution >= 4 is 38.1 Å². The van der Waals surface area contributed by atoms with Crippen LogP contribution < -0.4 is 9.46 Å². The highest BCUT2D eigenvalue weighted by Crippen LogP contribution is 2.33. The van der Waals surface area contributed by atoms with Gasteiger partial charge in [0.1, 0.15) is 15.6 Å². The van der Waals surface area contributed by atoms with Crippen LogP contribution in [0.15, 0.2) is 64.3 Å². The summed E-state index contributed by atoms with van der Waals surface area (Å²) >= 11 is 1.16. The van der Waals surface area contributed by atoms with Crippen molar-refractivity contribution in [2.24, 2.45) is 0 Å². The van der Waals surface area contributed by atoms with Crippen LogP contribution in [0.1, 0.15) is 0 Å². The number of hydrogen-bond donors (Lipinski definition) is 2. The van der Waals surface area contributed by atoms with E-state index in [1.165, 1.54) is 7.11 Å². The van der Waals surface area contributed by atoms with E-state index < -0.39 is 10.0 Å². The van der Waals surface area contributed by atoms with Crippen molar-refractivity contribution in [1.82, 2.24) is 9.97 Å². The van der Waals surface area contributed by atoms with Crippen molar-refractivity contribution in [1.29, 1.82) is 0 Å². The fraction of sp³-hybridized carbons (Fsp3) is 0.0556. The third-order valence-corrected chi connectivity index (χ3v) is 6.67. The van der Waals surface area contributed by atoms with Crippen molar-refractivity contribution in [3.8, 4) is 17.0 Å². The fourth-order valence-electron chi connectivity index (χ4n) is 2.68. The summed E-state index contributed by atoms with van der Waals surface area (Å²) in [6, 6.07) is 14.4. The average molecular weight is 385 g/mol. The van der Waals surface area contributed by atoms with Gasteiger partial charge < -0.3 is 9.72 Å². The van der Waals surface area contributed by atoms with Crippen molar-refractivity contribution < 1.29 is 13.2 Å². The molecule has 0 aliphatic carbocycles. The molecule has 8 heteroatoms. The van der Waals surface area contributed by atoms with Crippen molar-refractivity contribution in [2.45, 2.75) is 4.21 Å². The molecule has 3 aromatic heterocycles. The minimum absolute atomic E-state index is 0.250. The standard InChI is InChI=1S/C18H15N3O3S2/c1-24-16-7-6-12(14-11-13-4-2-8-19-18(13)20-14)10-15(16)21-26(22,23)17-5-3-9-25-17/h2-11,21H,1H3,(H,19,20). The summed E-state index contributed by atoms with van der Waals surface area (Å²) in [6.07, 6.45) is 1.72. The molecule has 26 heavy (non-hydrogen) atoms. The van der Waals surface area contributed by atoms with Crippen LogP contribution in [0.25, 0.3) is 22.3 Å². The summed E-state index contributed by atoms with van der Waals surface area (Å²) in [6.45, 7) is 0. The lowest BCUT2D eigenvalue weighted by Crippen LogP contribution is -2.12. The lowest BCUT2D eigenvalue weighted by atomic mass is 10.1. The molecule has 4 rings (SSSR count). The Labute approximate surface area is 154 Å². The van der Waals surface area contributed by atoms with Crippen LogP contribution in [-0.4, -0.2) is 25.5 Å². The summed E-state index contributed by atoms with van der Waals surface area (Å²) in [4.78, 5) is 7.53. The number of hydrogen-bond acceptors (Lipinski definition) is 5. The summed E-state index contributed by atoms with van der Waals surface area (Å²) in [5.74, 6) is 0.447. The molecule has 0 saturated carbocycles. The minimum atomic E-state index is -3.66. The maximum absolute atomic E-state index is 12.5. The van der Waals surface area contributed by atoms with E-state index in [0.717, 1.165) is 33.6 Å². The number of methoxy groups -OCH3 is 1. The van der Waals surface area contributed by atoms with Crippen LogP contribution in [0, 0.1) is 0 Å². The van der Waals surface area contributed by atoms with Crippen LogP contribution >= 0.6 is 11.3 Å². The van der Waals surface area contributed by atoms with Gasteiger partial charge in [0.15, 0.2) is 0 Å². The molecule has 0 spiro atoms. The van der Waals surface area contributed by atoms with Gasteiger partial charge in [-0.25, -0.2) is 13.4 Å². The van der Waals surface area contributed by atoms with Gasteiger partial charge in [0.25, 0.3) is 10.0 Å². The lowest BCUT2D eigenvalue weighted by Gasteiger charge is -2.12. The van der Waals surface area contributed by atoms with E-state index in [0.29, 0.717) is 11.4 Å². The van der Waals surface area contributed by atoms with Gasteiger partial charge in [-0.3, -0.25) is 4.72 Å². The number of thiophene rings is 1. The number of ether oxygens (including phenoxy) is 1. The first-order valence-corrected chi connectivity index (χ1v) is 10.1. The number of sulfonamides is 1. The highest BCUT2D eigenvalue weighted by Gasteiger charge is 2.18. The van der Waals surface area contributed by atoms with Gasteiger partial charge in [-0.15, -0.1) is 11.3 Å². The van der Waals surface area contributed by atoms with Crippen molar-refractivity contribution in [3.63, 3.8) is 0 Å². The van der Waals surface area contributed by atoms with Crippen LogP contribution in [-0.2, 0) is 10.0 Å². The Morgan fingerprint density at radius 3 is 2.77 bits per heavy atom.